The summed E-state index contributed by atoms with van der Waals surface area (Å²) < 4.78 is 24.7. The molecule has 6 aliphatic rings. The molecule has 0 aromatic rings. The third-order valence-corrected chi connectivity index (χ3v) is 10.3. The fraction of sp³-hybridized carbons (Fsp3) is 1.00. The van der Waals surface area contributed by atoms with Gasteiger partial charge in [0.25, 0.3) is 0 Å². The Bertz CT molecular complexity index is 624. The van der Waals surface area contributed by atoms with Gasteiger partial charge in [-0.25, -0.2) is 0 Å². The molecule has 2 heterocycles. The molecule has 5 heteroatoms. The van der Waals surface area contributed by atoms with E-state index in [9.17, 15) is 5.11 Å². The van der Waals surface area contributed by atoms with E-state index in [0.717, 1.165) is 52.1 Å². The highest BCUT2D eigenvalue weighted by molar-refractivity contribution is 5.14. The van der Waals surface area contributed by atoms with Crippen LogP contribution in [0.15, 0.2) is 0 Å². The van der Waals surface area contributed by atoms with Crippen LogP contribution in [-0.2, 0) is 18.9 Å². The van der Waals surface area contributed by atoms with Crippen LogP contribution in [-0.4, -0.2) is 49.7 Å². The predicted molar refractivity (Wildman–Crippen MR) is 102 cm³/mol. The highest BCUT2D eigenvalue weighted by atomic mass is 16.7. The highest BCUT2D eigenvalue weighted by Crippen LogP contribution is 2.70. The molecule has 4 aliphatic carbocycles. The van der Waals surface area contributed by atoms with Crippen LogP contribution in [0.3, 0.4) is 0 Å². The van der Waals surface area contributed by atoms with Gasteiger partial charge in [0.15, 0.2) is 11.6 Å². The van der Waals surface area contributed by atoms with Gasteiger partial charge >= 0.3 is 0 Å². The van der Waals surface area contributed by atoms with E-state index in [4.69, 9.17) is 18.9 Å². The molecule has 5 nitrogen and oxygen atoms in total. The fourth-order valence-corrected chi connectivity index (χ4v) is 8.95. The summed E-state index contributed by atoms with van der Waals surface area (Å²) >= 11 is 0. The Morgan fingerprint density at radius 2 is 1.50 bits per heavy atom. The van der Waals surface area contributed by atoms with Crippen LogP contribution < -0.4 is 0 Å². The molecule has 6 atom stereocenters. The van der Waals surface area contributed by atoms with Crippen molar-refractivity contribution in [2.75, 3.05) is 33.0 Å². The maximum absolute atomic E-state index is 10.7. The van der Waals surface area contributed by atoms with Gasteiger partial charge in [0.2, 0.25) is 0 Å². The lowest BCUT2D eigenvalue weighted by Gasteiger charge is -2.62. The minimum Gasteiger partial charge on any atom is -0.396 e. The second-order valence-corrected chi connectivity index (χ2v) is 10.8. The van der Waals surface area contributed by atoms with Gasteiger partial charge in [0.05, 0.1) is 26.4 Å². The first-order chi connectivity index (χ1) is 13.6. The van der Waals surface area contributed by atoms with Crippen molar-refractivity contribution in [3.8, 4) is 0 Å². The Morgan fingerprint density at radius 3 is 2.25 bits per heavy atom. The van der Waals surface area contributed by atoms with E-state index in [1.807, 2.05) is 0 Å². The van der Waals surface area contributed by atoms with Crippen molar-refractivity contribution in [1.29, 1.82) is 0 Å². The average Bonchev–Trinajstić information content (AvgIpc) is 3.43. The Morgan fingerprint density at radius 1 is 0.786 bits per heavy atom. The monoisotopic (exact) mass is 392 g/mol. The molecule has 6 rings (SSSR count). The Kier molecular flexibility index (Phi) is 4.09. The van der Waals surface area contributed by atoms with Crippen molar-refractivity contribution < 1.29 is 24.1 Å². The average molecular weight is 393 g/mol. The highest BCUT2D eigenvalue weighted by Gasteiger charge is 2.68. The van der Waals surface area contributed by atoms with Crippen LogP contribution in [0.5, 0.6) is 0 Å². The van der Waals surface area contributed by atoms with Gasteiger partial charge in [-0.2, -0.15) is 0 Å². The third kappa shape index (κ3) is 2.21. The molecule has 2 saturated heterocycles. The number of hydrogen-bond acceptors (Lipinski definition) is 5. The zero-order chi connectivity index (χ0) is 19.0. The normalized spacial score (nSPS) is 51.2. The summed E-state index contributed by atoms with van der Waals surface area (Å²) in [4.78, 5) is 0. The van der Waals surface area contributed by atoms with Crippen LogP contribution in [0.2, 0.25) is 0 Å². The van der Waals surface area contributed by atoms with Gasteiger partial charge in [-0.3, -0.25) is 0 Å². The molecule has 0 bridgehead atoms. The van der Waals surface area contributed by atoms with Crippen molar-refractivity contribution in [3.63, 3.8) is 0 Å². The number of aliphatic hydroxyl groups is 1. The molecule has 158 valence electrons. The fourth-order valence-electron chi connectivity index (χ4n) is 8.95. The lowest BCUT2D eigenvalue weighted by molar-refractivity contribution is -0.263. The molecular formula is C23H36O5. The van der Waals surface area contributed by atoms with Crippen molar-refractivity contribution in [2.24, 2.45) is 34.5 Å². The van der Waals surface area contributed by atoms with Crippen LogP contribution >= 0.6 is 0 Å². The maximum Gasteiger partial charge on any atom is 0.174 e. The van der Waals surface area contributed by atoms with E-state index in [0.29, 0.717) is 30.3 Å². The number of hydrogen-bond donors (Lipinski definition) is 1. The summed E-state index contributed by atoms with van der Waals surface area (Å²) in [6.07, 6.45) is 10.1. The molecule has 0 amide bonds. The number of fused-ring (bicyclic) bond motifs is 6. The minimum absolute atomic E-state index is 0.0674. The van der Waals surface area contributed by atoms with Crippen molar-refractivity contribution >= 4 is 0 Å². The van der Waals surface area contributed by atoms with Crippen LogP contribution in [0.25, 0.3) is 0 Å². The quantitative estimate of drug-likeness (QED) is 0.740. The largest absolute Gasteiger partial charge is 0.396 e. The molecular weight excluding hydrogens is 356 g/mol. The first-order valence-corrected chi connectivity index (χ1v) is 11.7. The van der Waals surface area contributed by atoms with E-state index in [-0.39, 0.29) is 22.4 Å². The summed E-state index contributed by atoms with van der Waals surface area (Å²) in [5, 5.41) is 10.7. The topological polar surface area (TPSA) is 57.2 Å². The molecule has 2 aliphatic heterocycles. The second kappa shape index (κ2) is 6.16. The summed E-state index contributed by atoms with van der Waals surface area (Å²) in [5.74, 6) is 1.86. The summed E-state index contributed by atoms with van der Waals surface area (Å²) in [5.41, 5.74) is 0.208. The Hall–Kier alpha value is -0.200. The zero-order valence-corrected chi connectivity index (χ0v) is 17.3. The van der Waals surface area contributed by atoms with Crippen LogP contribution in [0.1, 0.15) is 64.7 Å². The SMILES string of the molecule is CC12CCC3C(CCC4CC5(CCC43CO)OCCO5)C1CCC21OCCO1. The van der Waals surface area contributed by atoms with E-state index in [1.165, 1.54) is 32.1 Å². The molecule has 6 fully saturated rings. The Balaban J connectivity index is 1.30. The molecule has 2 spiro atoms. The van der Waals surface area contributed by atoms with Crippen molar-refractivity contribution in [1.82, 2.24) is 0 Å². The molecule has 1 N–H and O–H groups in total. The number of rotatable bonds is 1. The first-order valence-electron chi connectivity index (χ1n) is 11.7. The van der Waals surface area contributed by atoms with Gasteiger partial charge in [-0.05, 0) is 67.6 Å². The zero-order valence-electron chi connectivity index (χ0n) is 17.3. The van der Waals surface area contributed by atoms with E-state index >= 15 is 0 Å². The predicted octanol–water partition coefficient (Wildman–Crippen LogP) is 3.49. The van der Waals surface area contributed by atoms with E-state index < -0.39 is 0 Å². The van der Waals surface area contributed by atoms with Crippen molar-refractivity contribution in [2.45, 2.75) is 76.3 Å². The molecule has 28 heavy (non-hydrogen) atoms. The van der Waals surface area contributed by atoms with Gasteiger partial charge in [0, 0.05) is 31.3 Å². The third-order valence-electron chi connectivity index (χ3n) is 10.3. The van der Waals surface area contributed by atoms with Gasteiger partial charge in [-0.15, -0.1) is 0 Å². The first kappa shape index (κ1) is 18.6. The Labute approximate surface area is 168 Å². The molecule has 0 aromatic heterocycles. The van der Waals surface area contributed by atoms with Gasteiger partial charge < -0.3 is 24.1 Å². The number of aliphatic hydroxyl groups excluding tert-OH is 1. The standard InChI is InChI=1S/C23H36O5/c1-20-6-4-19-17(18(20)5-7-23(20)27-12-13-28-23)3-2-16-14-22(25-10-11-26-22)9-8-21(16,19)15-24/h16-19,24H,2-15H2,1H3. The molecule has 4 saturated carbocycles. The van der Waals surface area contributed by atoms with E-state index in [1.54, 1.807) is 0 Å². The maximum atomic E-state index is 10.7. The smallest absolute Gasteiger partial charge is 0.174 e. The summed E-state index contributed by atoms with van der Waals surface area (Å²) in [6, 6.07) is 0. The van der Waals surface area contributed by atoms with E-state index in [2.05, 4.69) is 6.92 Å². The van der Waals surface area contributed by atoms with Crippen molar-refractivity contribution in [3.05, 3.63) is 0 Å². The summed E-state index contributed by atoms with van der Waals surface area (Å²) in [6.45, 7) is 5.74. The van der Waals surface area contributed by atoms with Gasteiger partial charge in [0.1, 0.15) is 0 Å². The van der Waals surface area contributed by atoms with Crippen LogP contribution in [0.4, 0.5) is 0 Å². The molecule has 0 radical (unpaired) electrons. The lowest BCUT2D eigenvalue weighted by atomic mass is 9.44. The summed E-state index contributed by atoms with van der Waals surface area (Å²) in [7, 11) is 0. The minimum atomic E-state index is -0.345. The van der Waals surface area contributed by atoms with Gasteiger partial charge in [-0.1, -0.05) is 6.92 Å². The molecule has 6 unspecified atom stereocenters. The second-order valence-electron chi connectivity index (χ2n) is 10.8. The lowest BCUT2D eigenvalue weighted by Crippen LogP contribution is -2.60. The molecule has 0 aromatic carbocycles. The number of ether oxygens (including phenoxy) is 4. The van der Waals surface area contributed by atoms with Crippen LogP contribution in [0, 0.1) is 34.5 Å².